The van der Waals surface area contributed by atoms with Crippen molar-refractivity contribution in [1.29, 1.82) is 0 Å². The number of rotatable bonds is 8. The second-order valence-corrected chi connectivity index (χ2v) is 9.20. The summed E-state index contributed by atoms with van der Waals surface area (Å²) in [7, 11) is 1.59. The fourth-order valence-corrected chi connectivity index (χ4v) is 4.98. The molecule has 3 amide bonds. The van der Waals surface area contributed by atoms with Crippen molar-refractivity contribution in [2.24, 2.45) is 0 Å². The molecule has 0 unspecified atom stereocenters. The maximum absolute atomic E-state index is 13.8. The van der Waals surface area contributed by atoms with Gasteiger partial charge >= 0.3 is 0 Å². The van der Waals surface area contributed by atoms with E-state index < -0.39 is 5.54 Å². The van der Waals surface area contributed by atoms with Crippen LogP contribution in [0.2, 0.25) is 0 Å². The van der Waals surface area contributed by atoms with Gasteiger partial charge in [-0.3, -0.25) is 14.4 Å². The zero-order chi connectivity index (χ0) is 24.8. The number of methoxy groups -OCH3 is 1. The Morgan fingerprint density at radius 2 is 1.71 bits per heavy atom. The van der Waals surface area contributed by atoms with Crippen LogP contribution in [0.5, 0.6) is 5.75 Å². The van der Waals surface area contributed by atoms with Crippen molar-refractivity contribution in [2.45, 2.75) is 44.6 Å². The Bertz CT molecular complexity index is 1030. The van der Waals surface area contributed by atoms with Crippen LogP contribution in [0.4, 0.5) is 11.4 Å². The predicted molar refractivity (Wildman–Crippen MR) is 135 cm³/mol. The zero-order valence-corrected chi connectivity index (χ0v) is 20.5. The van der Waals surface area contributed by atoms with Crippen molar-refractivity contribution < 1.29 is 19.1 Å². The molecule has 0 aromatic heterocycles. The van der Waals surface area contributed by atoms with Gasteiger partial charge in [0.2, 0.25) is 11.8 Å². The molecule has 0 bridgehead atoms. The molecule has 8 heteroatoms. The quantitative estimate of drug-likeness (QED) is 0.628. The Kier molecular flexibility index (Phi) is 7.58. The molecular formula is C27H34N4O4. The number of nitrogens with one attached hydrogen (secondary N) is 1. The van der Waals surface area contributed by atoms with Gasteiger partial charge in [-0.2, -0.15) is 0 Å². The van der Waals surface area contributed by atoms with E-state index in [1.807, 2.05) is 35.2 Å². The van der Waals surface area contributed by atoms with Crippen LogP contribution in [0.1, 0.15) is 39.0 Å². The number of benzene rings is 2. The van der Waals surface area contributed by atoms with Gasteiger partial charge in [0.1, 0.15) is 17.8 Å². The molecule has 2 aromatic rings. The van der Waals surface area contributed by atoms with Crippen molar-refractivity contribution in [2.75, 3.05) is 43.6 Å². The van der Waals surface area contributed by atoms with Gasteiger partial charge in [0, 0.05) is 30.9 Å². The summed E-state index contributed by atoms with van der Waals surface area (Å²) in [5, 5.41) is 2.87. The summed E-state index contributed by atoms with van der Waals surface area (Å²) >= 11 is 0. The standard InChI is InChI=1S/C27H34N4O4/c1-3-4-10-25(33)29-17-15-27(16-18-29)26(34)30(20-31(27)22-8-6-5-7-9-22)19-24(32)28-21-11-13-23(35-2)14-12-21/h5-9,11-14H,3-4,10,15-20H2,1-2H3,(H,28,32). The molecule has 35 heavy (non-hydrogen) atoms. The highest BCUT2D eigenvalue weighted by Gasteiger charge is 2.54. The number of likely N-dealkylation sites (tertiary alicyclic amines) is 1. The van der Waals surface area contributed by atoms with Gasteiger partial charge in [-0.1, -0.05) is 31.5 Å². The molecule has 2 heterocycles. The first-order chi connectivity index (χ1) is 17.0. The van der Waals surface area contributed by atoms with Crippen molar-refractivity contribution >= 4 is 29.1 Å². The lowest BCUT2D eigenvalue weighted by atomic mass is 9.85. The normalized spacial score (nSPS) is 17.1. The summed E-state index contributed by atoms with van der Waals surface area (Å²) < 4.78 is 5.16. The van der Waals surface area contributed by atoms with Crippen molar-refractivity contribution in [3.63, 3.8) is 0 Å². The second-order valence-electron chi connectivity index (χ2n) is 9.20. The monoisotopic (exact) mass is 478 g/mol. The van der Waals surface area contributed by atoms with Crippen LogP contribution in [-0.4, -0.2) is 66.5 Å². The third-order valence-electron chi connectivity index (χ3n) is 6.98. The number of para-hydroxylation sites is 1. The van der Waals surface area contributed by atoms with Gasteiger partial charge in [0.05, 0.1) is 13.8 Å². The average molecular weight is 479 g/mol. The van der Waals surface area contributed by atoms with E-state index in [9.17, 15) is 14.4 Å². The number of carbonyl (C=O) groups excluding carboxylic acids is 3. The number of hydrogen-bond acceptors (Lipinski definition) is 5. The van der Waals surface area contributed by atoms with E-state index in [2.05, 4.69) is 17.1 Å². The van der Waals surface area contributed by atoms with Crippen molar-refractivity contribution in [3.8, 4) is 5.75 Å². The first kappa shape index (κ1) is 24.6. The van der Waals surface area contributed by atoms with Gasteiger partial charge < -0.3 is 24.8 Å². The molecule has 4 rings (SSSR count). The molecule has 1 N–H and O–H groups in total. The lowest BCUT2D eigenvalue weighted by molar-refractivity contribution is -0.139. The lowest BCUT2D eigenvalue weighted by Gasteiger charge is -2.43. The SMILES string of the molecule is CCCCC(=O)N1CCC2(CC1)C(=O)N(CC(=O)Nc1ccc(OC)cc1)CN2c1ccccc1. The summed E-state index contributed by atoms with van der Waals surface area (Å²) in [5.41, 5.74) is 0.851. The average Bonchev–Trinajstić information content (AvgIpc) is 3.14. The molecule has 2 aliphatic rings. The van der Waals surface area contributed by atoms with Crippen LogP contribution in [-0.2, 0) is 14.4 Å². The van der Waals surface area contributed by atoms with Crippen molar-refractivity contribution in [1.82, 2.24) is 9.80 Å². The van der Waals surface area contributed by atoms with E-state index in [0.717, 1.165) is 18.5 Å². The summed E-state index contributed by atoms with van der Waals surface area (Å²) in [6.45, 7) is 3.47. The van der Waals surface area contributed by atoms with Crippen LogP contribution in [0.3, 0.4) is 0 Å². The topological polar surface area (TPSA) is 82.2 Å². The fraction of sp³-hybridized carbons (Fsp3) is 0.444. The molecule has 0 saturated carbocycles. The number of hydrogen-bond donors (Lipinski definition) is 1. The van der Waals surface area contributed by atoms with Gasteiger partial charge in [0.25, 0.3) is 5.91 Å². The number of nitrogens with zero attached hydrogens (tertiary/aromatic N) is 3. The third-order valence-corrected chi connectivity index (χ3v) is 6.98. The predicted octanol–water partition coefficient (Wildman–Crippen LogP) is 3.49. The largest absolute Gasteiger partial charge is 0.497 e. The second kappa shape index (κ2) is 10.8. The van der Waals surface area contributed by atoms with Crippen LogP contribution >= 0.6 is 0 Å². The minimum Gasteiger partial charge on any atom is -0.497 e. The third kappa shape index (κ3) is 5.26. The fourth-order valence-electron chi connectivity index (χ4n) is 4.98. The number of carbonyl (C=O) groups is 3. The Morgan fingerprint density at radius 3 is 2.34 bits per heavy atom. The van der Waals surface area contributed by atoms with Gasteiger partial charge in [-0.25, -0.2) is 0 Å². The van der Waals surface area contributed by atoms with Crippen LogP contribution in [0.15, 0.2) is 54.6 Å². The highest BCUT2D eigenvalue weighted by molar-refractivity contribution is 5.99. The van der Waals surface area contributed by atoms with E-state index in [0.29, 0.717) is 50.5 Å². The number of amides is 3. The van der Waals surface area contributed by atoms with E-state index in [4.69, 9.17) is 4.74 Å². The summed E-state index contributed by atoms with van der Waals surface area (Å²) in [5.74, 6) is 0.569. The number of anilines is 2. The van der Waals surface area contributed by atoms with Crippen LogP contribution in [0, 0.1) is 0 Å². The molecule has 1 spiro atoms. The first-order valence-corrected chi connectivity index (χ1v) is 12.3. The molecule has 0 aliphatic carbocycles. The number of piperidine rings is 1. The van der Waals surface area contributed by atoms with E-state index in [1.165, 1.54) is 0 Å². The Labute approximate surface area is 206 Å². The molecule has 8 nitrogen and oxygen atoms in total. The molecular weight excluding hydrogens is 444 g/mol. The Balaban J connectivity index is 1.48. The van der Waals surface area contributed by atoms with Gasteiger partial charge in [-0.05, 0) is 55.7 Å². The number of unbranched alkanes of at least 4 members (excludes halogenated alkanes) is 1. The van der Waals surface area contributed by atoms with Gasteiger partial charge in [0.15, 0.2) is 0 Å². The molecule has 2 aliphatic heterocycles. The van der Waals surface area contributed by atoms with E-state index >= 15 is 0 Å². The highest BCUT2D eigenvalue weighted by atomic mass is 16.5. The molecule has 2 aromatic carbocycles. The highest BCUT2D eigenvalue weighted by Crippen LogP contribution is 2.39. The summed E-state index contributed by atoms with van der Waals surface area (Å²) in [4.78, 5) is 44.8. The Hall–Kier alpha value is -3.55. The lowest BCUT2D eigenvalue weighted by Crippen LogP contribution is -2.57. The van der Waals surface area contributed by atoms with Gasteiger partial charge in [-0.15, -0.1) is 0 Å². The maximum atomic E-state index is 13.8. The zero-order valence-electron chi connectivity index (χ0n) is 20.5. The minimum absolute atomic E-state index is 0.0326. The molecule has 2 fully saturated rings. The van der Waals surface area contributed by atoms with Crippen molar-refractivity contribution in [3.05, 3.63) is 54.6 Å². The molecule has 2 saturated heterocycles. The summed E-state index contributed by atoms with van der Waals surface area (Å²) in [6.07, 6.45) is 3.52. The van der Waals surface area contributed by atoms with E-state index in [1.54, 1.807) is 36.3 Å². The first-order valence-electron chi connectivity index (χ1n) is 12.3. The smallest absolute Gasteiger partial charge is 0.250 e. The molecule has 0 atom stereocenters. The number of ether oxygens (including phenoxy) is 1. The maximum Gasteiger partial charge on any atom is 0.250 e. The Morgan fingerprint density at radius 1 is 1.03 bits per heavy atom. The molecule has 0 radical (unpaired) electrons. The van der Waals surface area contributed by atoms with Crippen LogP contribution in [0.25, 0.3) is 0 Å². The minimum atomic E-state index is -0.747. The summed E-state index contributed by atoms with van der Waals surface area (Å²) in [6, 6.07) is 16.9. The molecule has 186 valence electrons. The van der Waals surface area contributed by atoms with E-state index in [-0.39, 0.29) is 24.3 Å². The van der Waals surface area contributed by atoms with Crippen LogP contribution < -0.4 is 15.0 Å².